The van der Waals surface area contributed by atoms with Crippen LogP contribution in [0.2, 0.25) is 0 Å². The highest BCUT2D eigenvalue weighted by Crippen LogP contribution is 2.29. The fourth-order valence-electron chi connectivity index (χ4n) is 3.14. The number of rotatable bonds is 3. The number of nitrogens with zero attached hydrogens (tertiary/aromatic N) is 1. The number of hydrogen-bond acceptors (Lipinski definition) is 2. The summed E-state index contributed by atoms with van der Waals surface area (Å²) < 4.78 is 64.5. The van der Waals surface area contributed by atoms with Crippen LogP contribution in [0.1, 0.15) is 39.1 Å². The van der Waals surface area contributed by atoms with Gasteiger partial charge in [-0.1, -0.05) is 0 Å². The van der Waals surface area contributed by atoms with Crippen molar-refractivity contribution in [3.63, 3.8) is 0 Å². The number of alkyl halides is 3. The van der Waals surface area contributed by atoms with Gasteiger partial charge in [0.15, 0.2) is 0 Å². The van der Waals surface area contributed by atoms with Gasteiger partial charge >= 0.3 is 6.18 Å². The number of benzene rings is 2. The maximum atomic E-state index is 13.8. The number of carbonyl (C=O) groups excluding carboxylic acids is 2. The molecule has 4 nitrogen and oxygen atoms in total. The van der Waals surface area contributed by atoms with Crippen molar-refractivity contribution in [2.75, 3.05) is 13.1 Å². The molecule has 2 aromatic carbocycles. The highest BCUT2D eigenvalue weighted by atomic mass is 19.4. The number of halogens is 5. The summed E-state index contributed by atoms with van der Waals surface area (Å²) in [6.45, 7) is 0.515. The summed E-state index contributed by atoms with van der Waals surface area (Å²) in [7, 11) is 0. The normalized spacial score (nSPS) is 15.3. The van der Waals surface area contributed by atoms with E-state index in [-0.39, 0.29) is 30.3 Å². The largest absolute Gasteiger partial charge is 0.416 e. The highest BCUT2D eigenvalue weighted by Gasteiger charge is 2.30. The smallest absolute Gasteiger partial charge is 0.349 e. The van der Waals surface area contributed by atoms with Crippen LogP contribution in [0.3, 0.4) is 0 Å². The molecule has 0 aliphatic carbocycles. The van der Waals surface area contributed by atoms with Crippen molar-refractivity contribution in [2.45, 2.75) is 25.1 Å². The van der Waals surface area contributed by atoms with Crippen LogP contribution >= 0.6 is 0 Å². The molecule has 0 radical (unpaired) electrons. The summed E-state index contributed by atoms with van der Waals surface area (Å²) in [5, 5.41) is 2.73. The Hall–Kier alpha value is -2.97. The zero-order valence-corrected chi connectivity index (χ0v) is 15.1. The molecule has 154 valence electrons. The van der Waals surface area contributed by atoms with Crippen LogP contribution < -0.4 is 5.32 Å². The standard InChI is InChI=1S/C20H17F5N2O2/c21-14-5-6-16(17(22)11-14)19(29)27-9-7-15(8-10-27)26-18(28)12-1-3-13(4-2-12)20(23,24)25/h1-6,11,15H,7-10H2,(H,26,28). The summed E-state index contributed by atoms with van der Waals surface area (Å²) in [6.07, 6.45) is -3.67. The molecule has 1 aliphatic rings. The van der Waals surface area contributed by atoms with Gasteiger partial charge < -0.3 is 10.2 Å². The molecule has 29 heavy (non-hydrogen) atoms. The van der Waals surface area contributed by atoms with Gasteiger partial charge in [0.25, 0.3) is 11.8 Å². The van der Waals surface area contributed by atoms with Gasteiger partial charge in [0.1, 0.15) is 11.6 Å². The molecule has 3 rings (SSSR count). The zero-order chi connectivity index (χ0) is 21.2. The van der Waals surface area contributed by atoms with Crippen LogP contribution in [0.25, 0.3) is 0 Å². The first-order valence-corrected chi connectivity index (χ1v) is 8.87. The topological polar surface area (TPSA) is 49.4 Å². The minimum atomic E-state index is -4.47. The average molecular weight is 412 g/mol. The van der Waals surface area contributed by atoms with E-state index in [1.165, 1.54) is 4.90 Å². The minimum absolute atomic E-state index is 0.102. The Bertz CT molecular complexity index is 904. The van der Waals surface area contributed by atoms with Gasteiger partial charge in [0.05, 0.1) is 11.1 Å². The lowest BCUT2D eigenvalue weighted by molar-refractivity contribution is -0.137. The van der Waals surface area contributed by atoms with E-state index in [2.05, 4.69) is 5.32 Å². The lowest BCUT2D eigenvalue weighted by atomic mass is 10.0. The molecule has 0 atom stereocenters. The first kappa shape index (κ1) is 20.8. The first-order valence-electron chi connectivity index (χ1n) is 8.87. The van der Waals surface area contributed by atoms with Gasteiger partial charge in [-0.25, -0.2) is 8.78 Å². The Kier molecular flexibility index (Phi) is 5.86. The van der Waals surface area contributed by atoms with E-state index < -0.39 is 35.2 Å². The van der Waals surface area contributed by atoms with Crippen LogP contribution in [0.5, 0.6) is 0 Å². The summed E-state index contributed by atoms with van der Waals surface area (Å²) in [6, 6.07) is 6.36. The molecule has 2 amide bonds. The summed E-state index contributed by atoms with van der Waals surface area (Å²) >= 11 is 0. The Morgan fingerprint density at radius 2 is 1.59 bits per heavy atom. The molecular formula is C20H17F5N2O2. The molecule has 0 saturated carbocycles. The molecule has 0 spiro atoms. The van der Waals surface area contributed by atoms with E-state index >= 15 is 0 Å². The van der Waals surface area contributed by atoms with Crippen molar-refractivity contribution >= 4 is 11.8 Å². The van der Waals surface area contributed by atoms with Crippen LogP contribution in [0.15, 0.2) is 42.5 Å². The molecule has 0 bridgehead atoms. The second-order valence-corrected chi connectivity index (χ2v) is 6.74. The van der Waals surface area contributed by atoms with Gasteiger partial charge in [0.2, 0.25) is 0 Å². The summed E-state index contributed by atoms with van der Waals surface area (Å²) in [5.41, 5.74) is -0.961. The Morgan fingerprint density at radius 1 is 0.966 bits per heavy atom. The Morgan fingerprint density at radius 3 is 2.14 bits per heavy atom. The highest BCUT2D eigenvalue weighted by molar-refractivity contribution is 5.95. The summed E-state index contributed by atoms with van der Waals surface area (Å²) in [4.78, 5) is 26.0. The van der Waals surface area contributed by atoms with Crippen LogP contribution in [0, 0.1) is 11.6 Å². The number of hydrogen-bond donors (Lipinski definition) is 1. The lowest BCUT2D eigenvalue weighted by Crippen LogP contribution is -2.46. The van der Waals surface area contributed by atoms with Gasteiger partial charge in [-0.3, -0.25) is 9.59 Å². The number of likely N-dealkylation sites (tertiary alicyclic amines) is 1. The predicted molar refractivity (Wildman–Crippen MR) is 94.2 cm³/mol. The lowest BCUT2D eigenvalue weighted by Gasteiger charge is -2.32. The number of piperidine rings is 1. The van der Waals surface area contributed by atoms with E-state index in [0.717, 1.165) is 36.4 Å². The fraction of sp³-hybridized carbons (Fsp3) is 0.300. The maximum absolute atomic E-state index is 13.8. The van der Waals surface area contributed by atoms with E-state index in [0.29, 0.717) is 18.9 Å². The fourth-order valence-corrected chi connectivity index (χ4v) is 3.14. The first-order chi connectivity index (χ1) is 13.6. The molecule has 9 heteroatoms. The monoisotopic (exact) mass is 412 g/mol. The van der Waals surface area contributed by atoms with Gasteiger partial charge in [-0.05, 0) is 49.2 Å². The van der Waals surface area contributed by atoms with Crippen molar-refractivity contribution in [2.24, 2.45) is 0 Å². The molecule has 1 fully saturated rings. The SMILES string of the molecule is O=C(NC1CCN(C(=O)c2ccc(F)cc2F)CC1)c1ccc(C(F)(F)F)cc1. The molecular weight excluding hydrogens is 395 g/mol. The van der Waals surface area contributed by atoms with Crippen molar-refractivity contribution in [1.29, 1.82) is 0 Å². The van der Waals surface area contributed by atoms with Crippen molar-refractivity contribution in [1.82, 2.24) is 10.2 Å². The number of nitrogens with one attached hydrogen (secondary N) is 1. The molecule has 0 unspecified atom stereocenters. The minimum Gasteiger partial charge on any atom is -0.349 e. The van der Waals surface area contributed by atoms with Crippen LogP contribution in [0.4, 0.5) is 22.0 Å². The third-order valence-electron chi connectivity index (χ3n) is 4.75. The summed E-state index contributed by atoms with van der Waals surface area (Å²) in [5.74, 6) is -2.78. The van der Waals surface area contributed by atoms with Crippen LogP contribution in [-0.2, 0) is 6.18 Å². The number of carbonyl (C=O) groups is 2. The average Bonchev–Trinajstić information content (AvgIpc) is 2.67. The number of amides is 2. The molecule has 0 aromatic heterocycles. The molecule has 1 heterocycles. The zero-order valence-electron chi connectivity index (χ0n) is 15.1. The molecule has 2 aromatic rings. The molecule has 1 aliphatic heterocycles. The third kappa shape index (κ3) is 4.90. The molecule has 1 N–H and O–H groups in total. The maximum Gasteiger partial charge on any atom is 0.416 e. The van der Waals surface area contributed by atoms with Crippen molar-refractivity contribution in [3.05, 3.63) is 70.8 Å². The van der Waals surface area contributed by atoms with Crippen molar-refractivity contribution in [3.8, 4) is 0 Å². The third-order valence-corrected chi connectivity index (χ3v) is 4.75. The van der Waals surface area contributed by atoms with Gasteiger partial charge in [0, 0.05) is 30.8 Å². The molecule has 1 saturated heterocycles. The second-order valence-electron chi connectivity index (χ2n) is 6.74. The van der Waals surface area contributed by atoms with E-state index in [9.17, 15) is 31.5 Å². The Labute approximate surface area is 163 Å². The quantitative estimate of drug-likeness (QED) is 0.775. The van der Waals surface area contributed by atoms with Crippen LogP contribution in [-0.4, -0.2) is 35.8 Å². The van der Waals surface area contributed by atoms with Crippen molar-refractivity contribution < 1.29 is 31.5 Å². The van der Waals surface area contributed by atoms with Gasteiger partial charge in [-0.2, -0.15) is 13.2 Å². The van der Waals surface area contributed by atoms with E-state index in [1.807, 2.05) is 0 Å². The van der Waals surface area contributed by atoms with E-state index in [1.54, 1.807) is 0 Å². The second kappa shape index (κ2) is 8.18. The Balaban J connectivity index is 1.55. The van der Waals surface area contributed by atoms with Gasteiger partial charge in [-0.15, -0.1) is 0 Å². The predicted octanol–water partition coefficient (Wildman–Crippen LogP) is 4.02. The van der Waals surface area contributed by atoms with E-state index in [4.69, 9.17) is 0 Å².